The van der Waals surface area contributed by atoms with Gasteiger partial charge in [-0.25, -0.2) is 0 Å². The summed E-state index contributed by atoms with van der Waals surface area (Å²) in [5.41, 5.74) is -0.282. The number of rotatable bonds is 2. The van der Waals surface area contributed by atoms with Crippen molar-refractivity contribution >= 4 is 17.6 Å². The molecule has 0 heterocycles. The Labute approximate surface area is 114 Å². The van der Waals surface area contributed by atoms with Crippen LogP contribution in [0, 0.1) is 6.92 Å². The lowest BCUT2D eigenvalue weighted by molar-refractivity contribution is -0.138. The van der Waals surface area contributed by atoms with Crippen LogP contribution in [0.3, 0.4) is 0 Å². The zero-order chi connectivity index (χ0) is 14.8. The summed E-state index contributed by atoms with van der Waals surface area (Å²) < 4.78 is 53.2. The molecule has 0 saturated carbocycles. The molecule has 0 aliphatic rings. The molecule has 0 fully saturated rings. The maximum Gasteiger partial charge on any atom is 0.416 e. The van der Waals surface area contributed by atoms with Gasteiger partial charge in [0.25, 0.3) is 0 Å². The topological polar surface area (TPSA) is 35.4 Å². The maximum atomic E-state index is 12.7. The van der Waals surface area contributed by atoms with Crippen molar-refractivity contribution in [2.24, 2.45) is 4.40 Å². The van der Waals surface area contributed by atoms with E-state index in [2.05, 4.69) is 4.40 Å². The summed E-state index contributed by atoms with van der Waals surface area (Å²) in [6, 6.07) is 3.86. The number of benzene rings is 1. The predicted molar refractivity (Wildman–Crippen MR) is 71.7 cm³/mol. The van der Waals surface area contributed by atoms with E-state index >= 15 is 0 Å². The van der Waals surface area contributed by atoms with Gasteiger partial charge in [-0.1, -0.05) is 16.5 Å². The van der Waals surface area contributed by atoms with Crippen molar-refractivity contribution in [3.63, 3.8) is 0 Å². The van der Waals surface area contributed by atoms with Gasteiger partial charge < -0.3 is 4.55 Å². The van der Waals surface area contributed by atoms with Gasteiger partial charge in [0.1, 0.15) is 16.1 Å². The molecule has 2 nitrogen and oxygen atoms in total. The van der Waals surface area contributed by atoms with Gasteiger partial charge >= 0.3 is 6.18 Å². The van der Waals surface area contributed by atoms with E-state index in [1.807, 2.05) is 0 Å². The molecule has 1 atom stereocenters. The second-order valence-corrected chi connectivity index (χ2v) is 7.05. The summed E-state index contributed by atoms with van der Waals surface area (Å²) in [6.07, 6.45) is -3.15. The number of hydrogen-bond acceptors (Lipinski definition) is 2. The van der Waals surface area contributed by atoms with E-state index in [0.717, 1.165) is 6.07 Å². The van der Waals surface area contributed by atoms with Crippen LogP contribution in [-0.2, 0) is 17.5 Å². The van der Waals surface area contributed by atoms with Crippen molar-refractivity contribution in [2.45, 2.75) is 38.6 Å². The Hall–Kier alpha value is -1.01. The van der Waals surface area contributed by atoms with Gasteiger partial charge in [-0.2, -0.15) is 13.2 Å². The number of hydrogen-bond donors (Lipinski definition) is 0. The Balaban J connectivity index is 3.08. The molecule has 0 N–H and O–H groups in total. The lowest BCUT2D eigenvalue weighted by Gasteiger charge is -2.18. The minimum absolute atomic E-state index is 0.0876. The van der Waals surface area contributed by atoms with Crippen LogP contribution in [0.5, 0.6) is 0 Å². The quantitative estimate of drug-likeness (QED) is 0.601. The molecule has 0 saturated heterocycles. The first kappa shape index (κ1) is 16.0. The summed E-state index contributed by atoms with van der Waals surface area (Å²) in [6.45, 7) is 6.63. The predicted octanol–water partition coefficient (Wildman–Crippen LogP) is 3.89. The molecular weight excluding hydrogens is 275 g/mol. The van der Waals surface area contributed by atoms with Crippen LogP contribution >= 0.6 is 0 Å². The zero-order valence-corrected chi connectivity index (χ0v) is 12.0. The second-order valence-electron chi connectivity index (χ2n) is 5.11. The van der Waals surface area contributed by atoms with E-state index in [0.29, 0.717) is 5.56 Å². The van der Waals surface area contributed by atoms with Crippen molar-refractivity contribution in [1.29, 1.82) is 0 Å². The first-order valence-electron chi connectivity index (χ1n) is 5.66. The highest BCUT2D eigenvalue weighted by molar-refractivity contribution is 7.91. The molecule has 0 bridgehead atoms. The highest BCUT2D eigenvalue weighted by atomic mass is 32.2. The highest BCUT2D eigenvalue weighted by Crippen LogP contribution is 2.32. The molecule has 1 unspecified atom stereocenters. The third-order valence-electron chi connectivity index (χ3n) is 2.49. The van der Waals surface area contributed by atoms with Crippen LogP contribution in [0.4, 0.5) is 13.2 Å². The van der Waals surface area contributed by atoms with Crippen molar-refractivity contribution in [2.75, 3.05) is 0 Å². The van der Waals surface area contributed by atoms with Crippen molar-refractivity contribution < 1.29 is 17.7 Å². The lowest BCUT2D eigenvalue weighted by Crippen LogP contribution is -2.25. The average molecular weight is 291 g/mol. The lowest BCUT2D eigenvalue weighted by atomic mass is 10.0. The van der Waals surface area contributed by atoms with Crippen molar-refractivity contribution in [3.8, 4) is 0 Å². The molecule has 1 rings (SSSR count). The van der Waals surface area contributed by atoms with Crippen molar-refractivity contribution in [1.82, 2.24) is 0 Å². The van der Waals surface area contributed by atoms with Gasteiger partial charge in [0.05, 0.1) is 11.8 Å². The Morgan fingerprint density at radius 3 is 2.26 bits per heavy atom. The van der Waals surface area contributed by atoms with E-state index in [1.165, 1.54) is 25.3 Å². The number of alkyl halides is 3. The van der Waals surface area contributed by atoms with Gasteiger partial charge in [0, 0.05) is 5.56 Å². The summed E-state index contributed by atoms with van der Waals surface area (Å²) in [5, 5.41) is 0. The van der Waals surface area contributed by atoms with Crippen LogP contribution < -0.4 is 0 Å². The SMILES string of the molecule is Cc1c(/C=N\[S+]([O-])C(C)(C)C)cccc1C(F)(F)F. The van der Waals surface area contributed by atoms with E-state index in [9.17, 15) is 17.7 Å². The van der Waals surface area contributed by atoms with E-state index < -0.39 is 27.8 Å². The summed E-state index contributed by atoms with van der Waals surface area (Å²) in [5.74, 6) is 0. The molecule has 0 radical (unpaired) electrons. The molecule has 1 aromatic rings. The van der Waals surface area contributed by atoms with Crippen LogP contribution in [0.25, 0.3) is 0 Å². The normalized spacial score (nSPS) is 14.9. The Morgan fingerprint density at radius 1 is 1.21 bits per heavy atom. The first-order chi connectivity index (χ1) is 8.53. The second kappa shape index (κ2) is 5.54. The van der Waals surface area contributed by atoms with Gasteiger partial charge in [-0.15, -0.1) is 0 Å². The molecule has 0 aliphatic carbocycles. The smallest absolute Gasteiger partial charge is 0.416 e. The molecule has 0 spiro atoms. The molecular formula is C13H16F3NOS. The number of nitrogens with zero attached hydrogens (tertiary/aromatic N) is 1. The molecule has 6 heteroatoms. The first-order valence-corrected chi connectivity index (χ1v) is 6.77. The van der Waals surface area contributed by atoms with Gasteiger partial charge in [-0.3, -0.25) is 0 Å². The molecule has 0 aliphatic heterocycles. The van der Waals surface area contributed by atoms with E-state index in [1.54, 1.807) is 20.8 Å². The molecule has 0 aromatic heterocycles. The number of halogens is 3. The highest BCUT2D eigenvalue weighted by Gasteiger charge is 2.32. The Kier molecular flexibility index (Phi) is 4.68. The molecule has 19 heavy (non-hydrogen) atoms. The van der Waals surface area contributed by atoms with Gasteiger partial charge in [0.15, 0.2) is 0 Å². The minimum atomic E-state index is -4.39. The third kappa shape index (κ3) is 4.24. The minimum Gasteiger partial charge on any atom is -0.591 e. The average Bonchev–Trinajstić information content (AvgIpc) is 2.24. The van der Waals surface area contributed by atoms with Crippen LogP contribution in [0.2, 0.25) is 0 Å². The monoisotopic (exact) mass is 291 g/mol. The molecule has 1 aromatic carbocycles. The fourth-order valence-electron chi connectivity index (χ4n) is 1.36. The van der Waals surface area contributed by atoms with E-state index in [4.69, 9.17) is 0 Å². The Bertz CT molecular complexity index is 478. The summed E-state index contributed by atoms with van der Waals surface area (Å²) >= 11 is -1.49. The van der Waals surface area contributed by atoms with Crippen LogP contribution in [-0.4, -0.2) is 15.5 Å². The van der Waals surface area contributed by atoms with Gasteiger partial charge in [0.2, 0.25) is 0 Å². The van der Waals surface area contributed by atoms with Crippen LogP contribution in [0.1, 0.15) is 37.5 Å². The Morgan fingerprint density at radius 2 is 1.79 bits per heavy atom. The van der Waals surface area contributed by atoms with E-state index in [-0.39, 0.29) is 5.56 Å². The van der Waals surface area contributed by atoms with Crippen LogP contribution in [0.15, 0.2) is 22.6 Å². The van der Waals surface area contributed by atoms with Gasteiger partial charge in [-0.05, 0) is 39.3 Å². The summed E-state index contributed by atoms with van der Waals surface area (Å²) in [7, 11) is 0. The molecule has 0 amide bonds. The fraction of sp³-hybridized carbons (Fsp3) is 0.462. The summed E-state index contributed by atoms with van der Waals surface area (Å²) in [4.78, 5) is 0. The third-order valence-corrected chi connectivity index (χ3v) is 3.84. The zero-order valence-electron chi connectivity index (χ0n) is 11.2. The largest absolute Gasteiger partial charge is 0.591 e. The standard InChI is InChI=1S/C13H16F3NOS/c1-9-10(8-17-19(18)12(2,3)4)6-5-7-11(9)13(14,15)16/h5-8H,1-4H3/b17-8-. The fourth-order valence-corrected chi connectivity index (χ4v) is 1.89. The maximum absolute atomic E-state index is 12.7. The molecule has 106 valence electrons. The van der Waals surface area contributed by atoms with Crippen molar-refractivity contribution in [3.05, 3.63) is 34.9 Å².